The normalized spacial score (nSPS) is 11.9. The van der Waals surface area contributed by atoms with Crippen molar-refractivity contribution < 1.29 is 19.0 Å². The van der Waals surface area contributed by atoms with Crippen molar-refractivity contribution in [2.24, 2.45) is 0 Å². The Labute approximate surface area is 162 Å². The van der Waals surface area contributed by atoms with Gasteiger partial charge >= 0.3 is 0 Å². The maximum atomic E-state index is 12.2. The molecule has 142 valence electrons. The molecule has 0 fully saturated rings. The quantitative estimate of drug-likeness (QED) is 0.733. The van der Waals surface area contributed by atoms with E-state index < -0.39 is 0 Å². The third-order valence-electron chi connectivity index (χ3n) is 4.15. The summed E-state index contributed by atoms with van der Waals surface area (Å²) in [5.41, 5.74) is 3.42. The molecular weight excluding hydrogens is 358 g/mol. The van der Waals surface area contributed by atoms with Crippen LogP contribution in [0.15, 0.2) is 48.5 Å². The summed E-state index contributed by atoms with van der Waals surface area (Å²) in [6.07, 6.45) is 0. The van der Waals surface area contributed by atoms with Gasteiger partial charge in [-0.05, 0) is 26.0 Å². The lowest BCUT2D eigenvalue weighted by molar-refractivity contribution is -0.118. The Hall–Kier alpha value is -3.61. The second-order valence-corrected chi connectivity index (χ2v) is 6.44. The molecule has 7 heteroatoms. The van der Waals surface area contributed by atoms with Crippen molar-refractivity contribution >= 4 is 11.6 Å². The number of carbonyl (C=O) groups is 1. The number of carbonyl (C=O) groups excluding carboxylic acids is 1. The fourth-order valence-electron chi connectivity index (χ4n) is 2.76. The average molecular weight is 377 g/mol. The van der Waals surface area contributed by atoms with Gasteiger partial charge in [-0.1, -0.05) is 29.8 Å². The molecule has 0 spiro atoms. The zero-order valence-corrected chi connectivity index (χ0v) is 15.6. The van der Waals surface area contributed by atoms with E-state index in [9.17, 15) is 4.79 Å². The van der Waals surface area contributed by atoms with E-state index in [0.29, 0.717) is 28.9 Å². The van der Waals surface area contributed by atoms with Crippen molar-refractivity contribution in [2.45, 2.75) is 13.8 Å². The highest BCUT2D eigenvalue weighted by Crippen LogP contribution is 2.34. The number of anilines is 1. The highest BCUT2D eigenvalue weighted by molar-refractivity contribution is 5.92. The summed E-state index contributed by atoms with van der Waals surface area (Å²) in [4.78, 5) is 21.1. The molecule has 1 N–H and O–H groups in total. The summed E-state index contributed by atoms with van der Waals surface area (Å²) < 4.78 is 16.1. The van der Waals surface area contributed by atoms with E-state index in [4.69, 9.17) is 14.2 Å². The number of nitrogens with one attached hydrogen (secondary N) is 1. The molecule has 3 aromatic rings. The fourth-order valence-corrected chi connectivity index (χ4v) is 2.76. The van der Waals surface area contributed by atoms with Crippen molar-refractivity contribution in [2.75, 3.05) is 18.7 Å². The van der Waals surface area contributed by atoms with E-state index in [1.165, 1.54) is 0 Å². The number of rotatable bonds is 5. The lowest BCUT2D eigenvalue weighted by Gasteiger charge is -2.09. The minimum Gasteiger partial charge on any atom is -0.467 e. The fraction of sp³-hybridized carbons (Fsp3) is 0.190. The van der Waals surface area contributed by atoms with Crippen molar-refractivity contribution in [3.8, 4) is 28.8 Å². The van der Waals surface area contributed by atoms with Gasteiger partial charge in [0.1, 0.15) is 0 Å². The molecule has 1 aromatic heterocycles. The van der Waals surface area contributed by atoms with Gasteiger partial charge < -0.3 is 19.5 Å². The van der Waals surface area contributed by atoms with Gasteiger partial charge in [0, 0.05) is 29.1 Å². The van der Waals surface area contributed by atoms with Crippen LogP contribution in [0.5, 0.6) is 17.4 Å². The Kier molecular flexibility index (Phi) is 4.80. The summed E-state index contributed by atoms with van der Waals surface area (Å²) in [6, 6.07) is 14.8. The first kappa shape index (κ1) is 17.8. The lowest BCUT2D eigenvalue weighted by atomic mass is 10.1. The Bertz CT molecular complexity index is 1020. The Morgan fingerprint density at radius 1 is 1.04 bits per heavy atom. The molecule has 2 heterocycles. The number of aromatic nitrogens is 2. The monoisotopic (exact) mass is 377 g/mol. The van der Waals surface area contributed by atoms with E-state index >= 15 is 0 Å². The van der Waals surface area contributed by atoms with Crippen LogP contribution in [0, 0.1) is 13.8 Å². The first-order valence-electron chi connectivity index (χ1n) is 8.82. The van der Waals surface area contributed by atoms with Crippen molar-refractivity contribution in [1.29, 1.82) is 0 Å². The number of amides is 1. The highest BCUT2D eigenvalue weighted by Gasteiger charge is 2.14. The standard InChI is InChI=1S/C21H19N3O4/c1-13-3-5-15(6-4-13)21-22-14(2)9-20(24-21)26-11-19(25)23-16-7-8-17-18(10-16)28-12-27-17/h3-10H,11-12H2,1-2H3,(H,23,25). The summed E-state index contributed by atoms with van der Waals surface area (Å²) in [6.45, 7) is 3.90. The summed E-state index contributed by atoms with van der Waals surface area (Å²) in [7, 11) is 0. The van der Waals surface area contributed by atoms with E-state index in [2.05, 4.69) is 15.3 Å². The lowest BCUT2D eigenvalue weighted by Crippen LogP contribution is -2.20. The van der Waals surface area contributed by atoms with Crippen LogP contribution in [0.1, 0.15) is 11.3 Å². The molecule has 2 aromatic carbocycles. The largest absolute Gasteiger partial charge is 0.467 e. The van der Waals surface area contributed by atoms with E-state index in [1.807, 2.05) is 38.1 Å². The number of aryl methyl sites for hydroxylation is 2. The minimum atomic E-state index is -0.299. The molecule has 1 amide bonds. The number of fused-ring (bicyclic) bond motifs is 1. The van der Waals surface area contributed by atoms with Crippen molar-refractivity contribution in [3.05, 3.63) is 59.8 Å². The Morgan fingerprint density at radius 3 is 2.64 bits per heavy atom. The van der Waals surface area contributed by atoms with Gasteiger partial charge in [0.15, 0.2) is 23.9 Å². The molecule has 1 aliphatic rings. The second-order valence-electron chi connectivity index (χ2n) is 6.44. The van der Waals surface area contributed by atoms with E-state index in [-0.39, 0.29) is 19.3 Å². The maximum Gasteiger partial charge on any atom is 0.262 e. The third-order valence-corrected chi connectivity index (χ3v) is 4.15. The third kappa shape index (κ3) is 4.03. The van der Waals surface area contributed by atoms with Gasteiger partial charge in [-0.3, -0.25) is 4.79 Å². The van der Waals surface area contributed by atoms with Gasteiger partial charge in [0.2, 0.25) is 12.7 Å². The molecule has 0 unspecified atom stereocenters. The van der Waals surface area contributed by atoms with Crippen LogP contribution in [0.25, 0.3) is 11.4 Å². The van der Waals surface area contributed by atoms with E-state index in [0.717, 1.165) is 16.8 Å². The number of nitrogens with zero attached hydrogens (tertiary/aromatic N) is 2. The van der Waals surface area contributed by atoms with Crippen LogP contribution in [0.3, 0.4) is 0 Å². The number of hydrogen-bond acceptors (Lipinski definition) is 6. The van der Waals surface area contributed by atoms with Crippen LogP contribution in [-0.2, 0) is 4.79 Å². The highest BCUT2D eigenvalue weighted by atomic mass is 16.7. The number of benzene rings is 2. The summed E-state index contributed by atoms with van der Waals surface area (Å²) in [5.74, 6) is 1.88. The molecule has 4 rings (SSSR count). The summed E-state index contributed by atoms with van der Waals surface area (Å²) in [5, 5.41) is 2.77. The van der Waals surface area contributed by atoms with Crippen LogP contribution in [0.4, 0.5) is 5.69 Å². The topological polar surface area (TPSA) is 82.6 Å². The molecule has 0 saturated heterocycles. The minimum absolute atomic E-state index is 0.168. The number of ether oxygens (including phenoxy) is 3. The molecule has 1 aliphatic heterocycles. The van der Waals surface area contributed by atoms with Crippen LogP contribution >= 0.6 is 0 Å². The molecular formula is C21H19N3O4. The number of hydrogen-bond donors (Lipinski definition) is 1. The van der Waals surface area contributed by atoms with Crippen LogP contribution in [0.2, 0.25) is 0 Å². The molecule has 0 radical (unpaired) electrons. The Balaban J connectivity index is 1.41. The first-order chi connectivity index (χ1) is 13.6. The zero-order chi connectivity index (χ0) is 19.5. The Morgan fingerprint density at radius 2 is 1.82 bits per heavy atom. The predicted octanol–water partition coefficient (Wildman–Crippen LogP) is 3.51. The summed E-state index contributed by atoms with van der Waals surface area (Å²) >= 11 is 0. The molecule has 28 heavy (non-hydrogen) atoms. The van der Waals surface area contributed by atoms with Crippen LogP contribution < -0.4 is 19.5 Å². The molecule has 7 nitrogen and oxygen atoms in total. The van der Waals surface area contributed by atoms with Gasteiger partial charge in [-0.15, -0.1) is 0 Å². The first-order valence-corrected chi connectivity index (χ1v) is 8.82. The zero-order valence-electron chi connectivity index (χ0n) is 15.6. The van der Waals surface area contributed by atoms with E-state index in [1.54, 1.807) is 24.3 Å². The predicted molar refractivity (Wildman–Crippen MR) is 104 cm³/mol. The molecule has 0 bridgehead atoms. The SMILES string of the molecule is Cc1ccc(-c2nc(C)cc(OCC(=O)Nc3ccc4c(c3)OCO4)n2)cc1. The maximum absolute atomic E-state index is 12.2. The molecule has 0 atom stereocenters. The smallest absolute Gasteiger partial charge is 0.262 e. The van der Waals surface area contributed by atoms with Gasteiger partial charge in [0.25, 0.3) is 5.91 Å². The van der Waals surface area contributed by atoms with Gasteiger partial charge in [0.05, 0.1) is 0 Å². The van der Waals surface area contributed by atoms with Crippen molar-refractivity contribution in [1.82, 2.24) is 9.97 Å². The van der Waals surface area contributed by atoms with Crippen LogP contribution in [-0.4, -0.2) is 29.3 Å². The van der Waals surface area contributed by atoms with Crippen molar-refractivity contribution in [3.63, 3.8) is 0 Å². The average Bonchev–Trinajstić information content (AvgIpc) is 3.14. The van der Waals surface area contributed by atoms with Gasteiger partial charge in [-0.25, -0.2) is 4.98 Å². The molecule has 0 saturated carbocycles. The second kappa shape index (κ2) is 7.56. The molecule has 0 aliphatic carbocycles. The van der Waals surface area contributed by atoms with Gasteiger partial charge in [-0.2, -0.15) is 4.98 Å².